The number of carbonyl (C=O) groups excluding carboxylic acids is 2. The monoisotopic (exact) mass is 378 g/mol. The topological polar surface area (TPSA) is 52.6 Å². The second-order valence-electron chi connectivity index (χ2n) is 6.38. The Balaban J connectivity index is 1.77. The minimum atomic E-state index is -0.335. The Morgan fingerprint density at radius 1 is 1.36 bits per heavy atom. The van der Waals surface area contributed by atoms with Gasteiger partial charge in [-0.1, -0.05) is 32.1 Å². The van der Waals surface area contributed by atoms with Crippen LogP contribution in [0, 0.1) is 11.8 Å². The van der Waals surface area contributed by atoms with E-state index >= 15 is 0 Å². The van der Waals surface area contributed by atoms with Gasteiger partial charge in [0.1, 0.15) is 5.76 Å². The van der Waals surface area contributed by atoms with E-state index in [1.807, 2.05) is 18.2 Å². The number of rotatable bonds is 5. The van der Waals surface area contributed by atoms with Gasteiger partial charge in [0.05, 0.1) is 6.42 Å². The van der Waals surface area contributed by atoms with Gasteiger partial charge in [-0.2, -0.15) is 12.6 Å². The Kier molecular flexibility index (Phi) is 5.79. The summed E-state index contributed by atoms with van der Waals surface area (Å²) in [6.07, 6.45) is 8.97. The summed E-state index contributed by atoms with van der Waals surface area (Å²) < 4.78 is 10.7. The molecule has 0 fully saturated rings. The van der Waals surface area contributed by atoms with E-state index in [1.54, 1.807) is 11.8 Å². The molecule has 0 radical (unpaired) electrons. The van der Waals surface area contributed by atoms with Crippen molar-refractivity contribution in [2.24, 2.45) is 11.8 Å². The number of thioether (sulfide) groups is 1. The van der Waals surface area contributed by atoms with Gasteiger partial charge in [0.15, 0.2) is 5.78 Å². The molecule has 3 atom stereocenters. The number of ketones is 1. The predicted octanol–water partition coefficient (Wildman–Crippen LogP) is 3.82. The average molecular weight is 379 g/mol. The van der Waals surface area contributed by atoms with Crippen molar-refractivity contribution in [1.29, 1.82) is 0 Å². The Labute approximate surface area is 157 Å². The van der Waals surface area contributed by atoms with Gasteiger partial charge in [-0.3, -0.25) is 9.59 Å². The van der Waals surface area contributed by atoms with Crippen LogP contribution in [0.25, 0.3) is 0 Å². The second-order valence-corrected chi connectivity index (χ2v) is 8.07. The molecular formula is C19H22O4S2. The van der Waals surface area contributed by atoms with Gasteiger partial charge in [0.2, 0.25) is 6.79 Å². The van der Waals surface area contributed by atoms with E-state index in [0.717, 1.165) is 22.5 Å². The Morgan fingerprint density at radius 2 is 2.16 bits per heavy atom. The lowest BCUT2D eigenvalue weighted by atomic mass is 9.83. The summed E-state index contributed by atoms with van der Waals surface area (Å²) in [5.74, 6) is 1.23. The zero-order valence-corrected chi connectivity index (χ0v) is 16.1. The molecule has 3 aliphatic rings. The number of hydrogen-bond donors (Lipinski definition) is 1. The van der Waals surface area contributed by atoms with Gasteiger partial charge in [-0.15, -0.1) is 11.8 Å². The quantitative estimate of drug-likeness (QED) is 0.448. The average Bonchev–Trinajstić information content (AvgIpc) is 2.60. The largest absolute Gasteiger partial charge is 0.461 e. The molecule has 0 spiro atoms. The molecule has 2 aliphatic carbocycles. The highest BCUT2D eigenvalue weighted by Crippen LogP contribution is 2.49. The molecule has 0 aromatic rings. The molecule has 0 aromatic heterocycles. The maximum Gasteiger partial charge on any atom is 0.309 e. The van der Waals surface area contributed by atoms with Gasteiger partial charge in [0, 0.05) is 33.0 Å². The fourth-order valence-electron chi connectivity index (χ4n) is 3.16. The summed E-state index contributed by atoms with van der Waals surface area (Å²) >= 11 is 5.80. The molecular weight excluding hydrogens is 356 g/mol. The van der Waals surface area contributed by atoms with Crippen molar-refractivity contribution in [3.63, 3.8) is 0 Å². The lowest BCUT2D eigenvalue weighted by Crippen LogP contribution is -2.30. The van der Waals surface area contributed by atoms with Crippen LogP contribution in [0.15, 0.2) is 46.1 Å². The second kappa shape index (κ2) is 7.87. The number of thiol groups is 1. The maximum atomic E-state index is 12.9. The van der Waals surface area contributed by atoms with Crippen molar-refractivity contribution >= 4 is 36.1 Å². The number of allylic oxidation sites excluding steroid dienone is 7. The third-order valence-corrected chi connectivity index (χ3v) is 6.61. The minimum absolute atomic E-state index is 0.0926. The standard InChI is InChI=1S/C19H22O4S2/c1-11-12(2)19-14(9-15(11)22-10-23-17(20)7-8-24)18(21)13-5-3-4-6-16(13)25-19/h3-5,9,11-12,16,24H,6-8,10H2,1-2H3. The van der Waals surface area contributed by atoms with E-state index in [9.17, 15) is 9.59 Å². The predicted molar refractivity (Wildman–Crippen MR) is 102 cm³/mol. The summed E-state index contributed by atoms with van der Waals surface area (Å²) in [5, 5.41) is 0.226. The molecule has 0 aromatic carbocycles. The van der Waals surface area contributed by atoms with Crippen LogP contribution < -0.4 is 0 Å². The highest BCUT2D eigenvalue weighted by molar-refractivity contribution is 8.04. The van der Waals surface area contributed by atoms with Crippen molar-refractivity contribution in [3.8, 4) is 0 Å². The molecule has 1 heterocycles. The fourth-order valence-corrected chi connectivity index (χ4v) is 4.87. The fraction of sp³-hybridized carbons (Fsp3) is 0.474. The van der Waals surface area contributed by atoms with E-state index in [-0.39, 0.29) is 42.1 Å². The van der Waals surface area contributed by atoms with E-state index in [2.05, 4.69) is 32.6 Å². The number of Topliss-reactive ketones (excluding diaryl/α,β-unsaturated/α-hetero) is 1. The highest BCUT2D eigenvalue weighted by Gasteiger charge is 2.39. The van der Waals surface area contributed by atoms with Crippen molar-refractivity contribution in [3.05, 3.63) is 46.1 Å². The van der Waals surface area contributed by atoms with Crippen LogP contribution in [0.5, 0.6) is 0 Å². The Bertz CT molecular complexity index is 702. The number of fused-ring (bicyclic) bond motifs is 1. The van der Waals surface area contributed by atoms with Gasteiger partial charge < -0.3 is 9.47 Å². The lowest BCUT2D eigenvalue weighted by Gasteiger charge is -2.36. The smallest absolute Gasteiger partial charge is 0.309 e. The first-order valence-corrected chi connectivity index (χ1v) is 9.97. The molecule has 0 amide bonds. The van der Waals surface area contributed by atoms with Crippen molar-refractivity contribution < 1.29 is 19.1 Å². The molecule has 0 N–H and O–H groups in total. The van der Waals surface area contributed by atoms with Gasteiger partial charge >= 0.3 is 5.97 Å². The summed E-state index contributed by atoms with van der Waals surface area (Å²) in [4.78, 5) is 25.5. The molecule has 0 bridgehead atoms. The number of hydrogen-bond acceptors (Lipinski definition) is 6. The van der Waals surface area contributed by atoms with E-state index in [0.29, 0.717) is 11.5 Å². The molecule has 3 rings (SSSR count). The zero-order chi connectivity index (χ0) is 18.0. The molecule has 134 valence electrons. The molecule has 4 nitrogen and oxygen atoms in total. The van der Waals surface area contributed by atoms with E-state index < -0.39 is 0 Å². The van der Waals surface area contributed by atoms with Crippen molar-refractivity contribution in [2.45, 2.75) is 31.9 Å². The third kappa shape index (κ3) is 3.75. The summed E-state index contributed by atoms with van der Waals surface area (Å²) in [6, 6.07) is 0. The number of ether oxygens (including phenoxy) is 2. The first kappa shape index (κ1) is 18.4. The van der Waals surface area contributed by atoms with Gasteiger partial charge in [-0.25, -0.2) is 0 Å². The molecule has 6 heteroatoms. The normalized spacial score (nSPS) is 28.0. The molecule has 0 saturated heterocycles. The van der Waals surface area contributed by atoms with Crippen LogP contribution >= 0.6 is 24.4 Å². The Morgan fingerprint density at radius 3 is 2.92 bits per heavy atom. The molecule has 1 aliphatic heterocycles. The summed E-state index contributed by atoms with van der Waals surface area (Å²) in [7, 11) is 0. The SMILES string of the molecule is CC1C(OCOC(=O)CCS)=CC2=C(SC3CC=CC=C3C2=O)C1C. The zero-order valence-electron chi connectivity index (χ0n) is 14.4. The van der Waals surface area contributed by atoms with E-state index in [4.69, 9.17) is 9.47 Å². The lowest BCUT2D eigenvalue weighted by molar-refractivity contribution is -0.153. The van der Waals surface area contributed by atoms with Crippen LogP contribution in [0.3, 0.4) is 0 Å². The molecule has 25 heavy (non-hydrogen) atoms. The van der Waals surface area contributed by atoms with Gasteiger partial charge in [0.25, 0.3) is 0 Å². The van der Waals surface area contributed by atoms with Crippen LogP contribution in [0.4, 0.5) is 0 Å². The van der Waals surface area contributed by atoms with Gasteiger partial charge in [-0.05, 0) is 18.4 Å². The van der Waals surface area contributed by atoms with Crippen molar-refractivity contribution in [1.82, 2.24) is 0 Å². The summed E-state index contributed by atoms with van der Waals surface area (Å²) in [5.41, 5.74) is 1.59. The molecule has 0 saturated carbocycles. The van der Waals surface area contributed by atoms with Crippen molar-refractivity contribution in [2.75, 3.05) is 12.5 Å². The summed E-state index contributed by atoms with van der Waals surface area (Å²) in [6.45, 7) is 4.07. The van der Waals surface area contributed by atoms with Crippen LogP contribution in [0.1, 0.15) is 26.7 Å². The van der Waals surface area contributed by atoms with Crippen LogP contribution in [-0.4, -0.2) is 29.5 Å². The van der Waals surface area contributed by atoms with E-state index in [1.165, 1.54) is 0 Å². The van der Waals surface area contributed by atoms with Crippen LogP contribution in [0.2, 0.25) is 0 Å². The number of esters is 1. The first-order chi connectivity index (χ1) is 12.0. The maximum absolute atomic E-state index is 12.9. The van der Waals surface area contributed by atoms with Crippen LogP contribution in [-0.2, 0) is 19.1 Å². The minimum Gasteiger partial charge on any atom is -0.461 e. The first-order valence-electron chi connectivity index (χ1n) is 8.46. The number of carbonyl (C=O) groups is 2. The third-order valence-electron chi connectivity index (χ3n) is 4.81. The highest BCUT2D eigenvalue weighted by atomic mass is 32.2. The molecule has 3 unspecified atom stereocenters. The Hall–Kier alpha value is -1.40.